The number of anilines is 2. The van der Waals surface area contributed by atoms with Gasteiger partial charge in [-0.1, -0.05) is 55.8 Å². The number of benzene rings is 2. The number of hydrogen-bond acceptors (Lipinski definition) is 3. The van der Waals surface area contributed by atoms with Gasteiger partial charge in [-0.2, -0.15) is 0 Å². The molecule has 0 aliphatic rings. The summed E-state index contributed by atoms with van der Waals surface area (Å²) < 4.78 is 5.50. The molecule has 2 amide bonds. The van der Waals surface area contributed by atoms with E-state index >= 15 is 0 Å². The molecular weight excluding hydrogens is 338 g/mol. The highest BCUT2D eigenvalue weighted by atomic mass is 16.5. The molecule has 5 nitrogen and oxygen atoms in total. The van der Waals surface area contributed by atoms with Gasteiger partial charge in [-0.05, 0) is 30.5 Å². The van der Waals surface area contributed by atoms with Gasteiger partial charge >= 0.3 is 6.03 Å². The molecule has 2 rings (SSSR count). The molecule has 0 spiro atoms. The predicted molar refractivity (Wildman–Crippen MR) is 112 cm³/mol. The molecular formula is C22H31N3O2. The zero-order valence-corrected chi connectivity index (χ0v) is 16.4. The predicted octanol–water partition coefficient (Wildman–Crippen LogP) is 4.65. The number of carbonyl (C=O) groups excluding carboxylic acids is 1. The van der Waals surface area contributed by atoms with Crippen LogP contribution in [0.1, 0.15) is 31.7 Å². The van der Waals surface area contributed by atoms with Crippen LogP contribution in [0.25, 0.3) is 0 Å². The second kappa shape index (κ2) is 12.0. The molecule has 0 radical (unpaired) electrons. The van der Waals surface area contributed by atoms with E-state index in [0.717, 1.165) is 43.8 Å². The van der Waals surface area contributed by atoms with Gasteiger partial charge in [0.05, 0.1) is 11.4 Å². The van der Waals surface area contributed by atoms with Crippen molar-refractivity contribution in [2.45, 2.75) is 32.7 Å². The summed E-state index contributed by atoms with van der Waals surface area (Å²) in [6, 6.07) is 17.9. The van der Waals surface area contributed by atoms with Gasteiger partial charge in [0.2, 0.25) is 0 Å². The molecule has 0 aliphatic carbocycles. The summed E-state index contributed by atoms with van der Waals surface area (Å²) in [4.78, 5) is 14.3. The summed E-state index contributed by atoms with van der Waals surface area (Å²) in [5.41, 5.74) is 3.01. The fourth-order valence-corrected chi connectivity index (χ4v) is 2.75. The summed E-state index contributed by atoms with van der Waals surface area (Å²) in [6.07, 6.45) is 3.03. The molecule has 0 aromatic heterocycles. The van der Waals surface area contributed by atoms with Crippen molar-refractivity contribution >= 4 is 17.4 Å². The smallest absolute Gasteiger partial charge is 0.319 e. The number of unbranched alkanes of at least 4 members (excludes halogenated alkanes) is 1. The van der Waals surface area contributed by atoms with E-state index in [1.54, 1.807) is 0 Å². The van der Waals surface area contributed by atoms with E-state index < -0.39 is 0 Å². The van der Waals surface area contributed by atoms with Crippen LogP contribution in [0.4, 0.5) is 16.2 Å². The molecule has 0 fully saturated rings. The maximum Gasteiger partial charge on any atom is 0.319 e. The number of nitrogens with zero attached hydrogens (tertiary/aromatic N) is 1. The number of carbonyl (C=O) groups is 1. The Kier molecular flexibility index (Phi) is 9.21. The number of ether oxygens (including phenoxy) is 1. The summed E-state index contributed by atoms with van der Waals surface area (Å²) >= 11 is 0. The van der Waals surface area contributed by atoms with Crippen molar-refractivity contribution in [3.05, 3.63) is 60.2 Å². The van der Waals surface area contributed by atoms with Crippen LogP contribution in [0.2, 0.25) is 0 Å². The third-order valence-electron chi connectivity index (χ3n) is 4.22. The Morgan fingerprint density at radius 2 is 1.70 bits per heavy atom. The average molecular weight is 370 g/mol. The average Bonchev–Trinajstić information content (AvgIpc) is 2.68. The standard InChI is InChI=1S/C22H31N3O2/c1-3-4-16-27-17-10-15-23-22(26)24-20-13-8-9-14-21(20)25(2)18-19-11-6-5-7-12-19/h5-9,11-14H,3-4,10,15-18H2,1-2H3,(H2,23,24,26). The van der Waals surface area contributed by atoms with E-state index in [-0.39, 0.29) is 6.03 Å². The minimum absolute atomic E-state index is 0.191. The Balaban J connectivity index is 1.81. The highest BCUT2D eigenvalue weighted by Gasteiger charge is 2.10. The van der Waals surface area contributed by atoms with Crippen molar-refractivity contribution in [2.75, 3.05) is 37.0 Å². The third-order valence-corrected chi connectivity index (χ3v) is 4.22. The molecule has 0 bridgehead atoms. The minimum Gasteiger partial charge on any atom is -0.381 e. The molecule has 0 saturated carbocycles. The first kappa shape index (κ1) is 20.8. The van der Waals surface area contributed by atoms with Crippen LogP contribution in [-0.2, 0) is 11.3 Å². The van der Waals surface area contributed by atoms with Crippen molar-refractivity contribution in [1.29, 1.82) is 0 Å². The molecule has 0 heterocycles. The maximum atomic E-state index is 12.2. The van der Waals surface area contributed by atoms with Gasteiger partial charge in [-0.3, -0.25) is 0 Å². The van der Waals surface area contributed by atoms with Crippen molar-refractivity contribution in [3.8, 4) is 0 Å². The molecule has 0 saturated heterocycles. The number of nitrogens with one attached hydrogen (secondary N) is 2. The lowest BCUT2D eigenvalue weighted by atomic mass is 10.2. The normalized spacial score (nSPS) is 10.4. The highest BCUT2D eigenvalue weighted by molar-refractivity contribution is 5.93. The summed E-state index contributed by atoms with van der Waals surface area (Å²) in [5.74, 6) is 0. The van der Waals surface area contributed by atoms with E-state index in [4.69, 9.17) is 4.74 Å². The lowest BCUT2D eigenvalue weighted by Crippen LogP contribution is -2.31. The van der Waals surface area contributed by atoms with Gasteiger partial charge in [0, 0.05) is 33.4 Å². The molecule has 0 aliphatic heterocycles. The van der Waals surface area contributed by atoms with Gasteiger partial charge in [0.25, 0.3) is 0 Å². The van der Waals surface area contributed by atoms with E-state index in [0.29, 0.717) is 13.2 Å². The number of rotatable bonds is 11. The third kappa shape index (κ3) is 7.71. The van der Waals surface area contributed by atoms with Gasteiger partial charge in [-0.15, -0.1) is 0 Å². The molecule has 146 valence electrons. The van der Waals surface area contributed by atoms with Gasteiger partial charge in [-0.25, -0.2) is 4.79 Å². The molecule has 2 aromatic carbocycles. The Morgan fingerprint density at radius 1 is 1.00 bits per heavy atom. The molecule has 0 unspecified atom stereocenters. The van der Waals surface area contributed by atoms with Gasteiger partial charge < -0.3 is 20.3 Å². The number of hydrogen-bond donors (Lipinski definition) is 2. The zero-order valence-electron chi connectivity index (χ0n) is 16.4. The Labute approximate surface area is 162 Å². The number of amides is 2. The Bertz CT molecular complexity index is 676. The van der Waals surface area contributed by atoms with Crippen molar-refractivity contribution in [2.24, 2.45) is 0 Å². The Hall–Kier alpha value is -2.53. The van der Waals surface area contributed by atoms with E-state index in [2.05, 4.69) is 34.6 Å². The largest absolute Gasteiger partial charge is 0.381 e. The van der Waals surface area contributed by atoms with Gasteiger partial charge in [0.15, 0.2) is 0 Å². The summed E-state index contributed by atoms with van der Waals surface area (Å²) in [7, 11) is 2.03. The highest BCUT2D eigenvalue weighted by Crippen LogP contribution is 2.25. The lowest BCUT2D eigenvalue weighted by Gasteiger charge is -2.23. The molecule has 27 heavy (non-hydrogen) atoms. The fourth-order valence-electron chi connectivity index (χ4n) is 2.75. The van der Waals surface area contributed by atoms with E-state index in [1.165, 1.54) is 5.56 Å². The second-order valence-corrected chi connectivity index (χ2v) is 6.56. The summed E-state index contributed by atoms with van der Waals surface area (Å²) in [6.45, 7) is 4.99. The topological polar surface area (TPSA) is 53.6 Å². The maximum absolute atomic E-state index is 12.2. The van der Waals surface area contributed by atoms with Gasteiger partial charge in [0.1, 0.15) is 0 Å². The van der Waals surface area contributed by atoms with Crippen LogP contribution in [0.15, 0.2) is 54.6 Å². The number of urea groups is 1. The first-order valence-corrected chi connectivity index (χ1v) is 9.67. The first-order valence-electron chi connectivity index (χ1n) is 9.67. The quantitative estimate of drug-likeness (QED) is 0.567. The van der Waals surface area contributed by atoms with Crippen molar-refractivity contribution < 1.29 is 9.53 Å². The molecule has 0 atom stereocenters. The lowest BCUT2D eigenvalue weighted by molar-refractivity contribution is 0.129. The van der Waals surface area contributed by atoms with Crippen LogP contribution in [0.5, 0.6) is 0 Å². The fraction of sp³-hybridized carbons (Fsp3) is 0.409. The SMILES string of the molecule is CCCCOCCCNC(=O)Nc1ccccc1N(C)Cc1ccccc1. The van der Waals surface area contributed by atoms with Crippen LogP contribution < -0.4 is 15.5 Å². The first-order chi connectivity index (χ1) is 13.2. The van der Waals surface area contributed by atoms with Crippen LogP contribution in [0.3, 0.4) is 0 Å². The van der Waals surface area contributed by atoms with Crippen molar-refractivity contribution in [3.63, 3.8) is 0 Å². The van der Waals surface area contributed by atoms with Crippen LogP contribution in [0, 0.1) is 0 Å². The van der Waals surface area contributed by atoms with E-state index in [1.807, 2.05) is 49.5 Å². The van der Waals surface area contributed by atoms with Crippen LogP contribution in [-0.4, -0.2) is 32.8 Å². The second-order valence-electron chi connectivity index (χ2n) is 6.56. The van der Waals surface area contributed by atoms with Crippen molar-refractivity contribution in [1.82, 2.24) is 5.32 Å². The zero-order chi connectivity index (χ0) is 19.3. The minimum atomic E-state index is -0.191. The summed E-state index contributed by atoms with van der Waals surface area (Å²) in [5, 5.41) is 5.85. The van der Waals surface area contributed by atoms with Crippen LogP contribution >= 0.6 is 0 Å². The molecule has 2 aromatic rings. The number of para-hydroxylation sites is 2. The van der Waals surface area contributed by atoms with E-state index in [9.17, 15) is 4.79 Å². The molecule has 2 N–H and O–H groups in total. The molecule has 5 heteroatoms. The Morgan fingerprint density at radius 3 is 2.48 bits per heavy atom. The monoisotopic (exact) mass is 369 g/mol.